The van der Waals surface area contributed by atoms with Gasteiger partial charge in [-0.15, -0.1) is 0 Å². The van der Waals surface area contributed by atoms with Gasteiger partial charge in [0.25, 0.3) is 0 Å². The molecule has 0 heteroatoms. The van der Waals surface area contributed by atoms with Crippen molar-refractivity contribution in [2.45, 2.75) is 104 Å². The van der Waals surface area contributed by atoms with Crippen molar-refractivity contribution in [1.82, 2.24) is 0 Å². The summed E-state index contributed by atoms with van der Waals surface area (Å²) >= 11 is 0. The third kappa shape index (κ3) is 14.0. The largest absolute Gasteiger partial charge is 0.0885 e. The Morgan fingerprint density at radius 1 is 0.632 bits per heavy atom. The lowest BCUT2D eigenvalue weighted by Gasteiger charge is -2.13. The van der Waals surface area contributed by atoms with Crippen molar-refractivity contribution >= 4 is 0 Å². The summed E-state index contributed by atoms with van der Waals surface area (Å²) in [4.78, 5) is 0. The van der Waals surface area contributed by atoms with E-state index in [9.17, 15) is 0 Å². The van der Waals surface area contributed by atoms with Crippen LogP contribution in [0.15, 0.2) is 12.2 Å². The molecule has 0 radical (unpaired) electrons. The quantitative estimate of drug-likeness (QED) is 0.229. The maximum Gasteiger partial charge on any atom is -0.0322 e. The number of unbranched alkanes of at least 4 members (excludes halogenated alkanes) is 7. The normalized spacial score (nSPS) is 13.2. The van der Waals surface area contributed by atoms with Crippen LogP contribution < -0.4 is 0 Å². The fourth-order valence-corrected chi connectivity index (χ4v) is 2.73. The minimum atomic E-state index is 0.953. The first-order valence-electron chi connectivity index (χ1n) is 9.00. The van der Waals surface area contributed by atoms with E-state index >= 15 is 0 Å². The molecule has 0 aliphatic heterocycles. The predicted octanol–water partition coefficient (Wildman–Crippen LogP) is 7.29. The van der Waals surface area contributed by atoms with Crippen LogP contribution in [-0.4, -0.2) is 0 Å². The average Bonchev–Trinajstić information content (AvgIpc) is 2.42. The number of hydrogen-bond acceptors (Lipinski definition) is 0. The Labute approximate surface area is 123 Å². The standard InChI is InChI=1S/C19H38/c1-4-7-9-11-13-15-18-19(16-6-3)17-14-12-10-8-5-2/h12,14,19H,4-11,13,15-18H2,1-3H3. The lowest BCUT2D eigenvalue weighted by molar-refractivity contribution is 0.422. The van der Waals surface area contributed by atoms with Crippen LogP contribution in [0.3, 0.4) is 0 Å². The molecule has 0 heterocycles. The second-order valence-electron chi connectivity index (χ2n) is 6.06. The third-order valence-electron chi connectivity index (χ3n) is 4.02. The third-order valence-corrected chi connectivity index (χ3v) is 4.02. The zero-order valence-corrected chi connectivity index (χ0v) is 13.9. The molecule has 0 nitrogen and oxygen atoms in total. The molecule has 0 fully saturated rings. The lowest BCUT2D eigenvalue weighted by Crippen LogP contribution is -1.99. The Kier molecular flexibility index (Phi) is 15.6. The molecular formula is C19H38. The van der Waals surface area contributed by atoms with E-state index in [1.165, 1.54) is 83.5 Å². The first-order chi connectivity index (χ1) is 9.35. The smallest absolute Gasteiger partial charge is 0.0322 e. The molecule has 0 aromatic carbocycles. The van der Waals surface area contributed by atoms with Gasteiger partial charge in [0.2, 0.25) is 0 Å². The first-order valence-corrected chi connectivity index (χ1v) is 9.00. The van der Waals surface area contributed by atoms with Crippen LogP contribution in [0.1, 0.15) is 104 Å². The van der Waals surface area contributed by atoms with Crippen molar-refractivity contribution in [1.29, 1.82) is 0 Å². The highest BCUT2D eigenvalue weighted by molar-refractivity contribution is 4.83. The molecule has 0 amide bonds. The molecule has 0 rings (SSSR count). The molecule has 19 heavy (non-hydrogen) atoms. The summed E-state index contributed by atoms with van der Waals surface area (Å²) < 4.78 is 0. The molecule has 0 spiro atoms. The van der Waals surface area contributed by atoms with Crippen LogP contribution >= 0.6 is 0 Å². The van der Waals surface area contributed by atoms with E-state index in [0.29, 0.717) is 0 Å². The van der Waals surface area contributed by atoms with Gasteiger partial charge in [-0.1, -0.05) is 104 Å². The lowest BCUT2D eigenvalue weighted by atomic mass is 9.92. The van der Waals surface area contributed by atoms with Gasteiger partial charge in [0.05, 0.1) is 0 Å². The molecule has 0 aliphatic carbocycles. The highest BCUT2D eigenvalue weighted by Crippen LogP contribution is 2.20. The van der Waals surface area contributed by atoms with Gasteiger partial charge in [0.1, 0.15) is 0 Å². The van der Waals surface area contributed by atoms with Gasteiger partial charge in [-0.05, 0) is 18.8 Å². The van der Waals surface area contributed by atoms with Crippen molar-refractivity contribution < 1.29 is 0 Å². The van der Waals surface area contributed by atoms with Gasteiger partial charge >= 0.3 is 0 Å². The highest BCUT2D eigenvalue weighted by atomic mass is 14.1. The number of hydrogen-bond donors (Lipinski definition) is 0. The summed E-state index contributed by atoms with van der Waals surface area (Å²) in [6.45, 7) is 6.89. The molecule has 0 aliphatic rings. The molecular weight excluding hydrogens is 228 g/mol. The van der Waals surface area contributed by atoms with Gasteiger partial charge in [-0.25, -0.2) is 0 Å². The summed E-state index contributed by atoms with van der Waals surface area (Å²) in [6, 6.07) is 0. The van der Waals surface area contributed by atoms with Crippen molar-refractivity contribution in [3.05, 3.63) is 12.2 Å². The van der Waals surface area contributed by atoms with Crippen LogP contribution in [0, 0.1) is 5.92 Å². The van der Waals surface area contributed by atoms with Gasteiger partial charge < -0.3 is 0 Å². The van der Waals surface area contributed by atoms with Gasteiger partial charge in [0, 0.05) is 0 Å². The molecule has 0 N–H and O–H groups in total. The Balaban J connectivity index is 3.58. The predicted molar refractivity (Wildman–Crippen MR) is 89.7 cm³/mol. The van der Waals surface area contributed by atoms with Crippen LogP contribution in [0.2, 0.25) is 0 Å². The Bertz CT molecular complexity index is 180. The van der Waals surface area contributed by atoms with Crippen LogP contribution in [0.5, 0.6) is 0 Å². The highest BCUT2D eigenvalue weighted by Gasteiger charge is 2.05. The van der Waals surface area contributed by atoms with Crippen molar-refractivity contribution in [3.63, 3.8) is 0 Å². The van der Waals surface area contributed by atoms with Crippen LogP contribution in [0.25, 0.3) is 0 Å². The van der Waals surface area contributed by atoms with E-state index in [4.69, 9.17) is 0 Å². The summed E-state index contributed by atoms with van der Waals surface area (Å²) in [7, 11) is 0. The molecule has 1 atom stereocenters. The molecule has 0 saturated carbocycles. The average molecular weight is 267 g/mol. The van der Waals surface area contributed by atoms with E-state index in [2.05, 4.69) is 32.9 Å². The monoisotopic (exact) mass is 266 g/mol. The Morgan fingerprint density at radius 2 is 1.32 bits per heavy atom. The summed E-state index contributed by atoms with van der Waals surface area (Å²) in [5.74, 6) is 0.953. The van der Waals surface area contributed by atoms with Crippen molar-refractivity contribution in [2.24, 2.45) is 5.92 Å². The zero-order chi connectivity index (χ0) is 14.2. The molecule has 0 aromatic heterocycles. The van der Waals surface area contributed by atoms with Crippen molar-refractivity contribution in [2.75, 3.05) is 0 Å². The second kappa shape index (κ2) is 15.8. The maximum atomic E-state index is 2.45. The number of rotatable bonds is 14. The van der Waals surface area contributed by atoms with Crippen LogP contribution in [0.4, 0.5) is 0 Å². The van der Waals surface area contributed by atoms with E-state index in [1.807, 2.05) is 0 Å². The van der Waals surface area contributed by atoms with Gasteiger partial charge in [-0.3, -0.25) is 0 Å². The summed E-state index contributed by atoms with van der Waals surface area (Å²) in [6.07, 6.45) is 23.0. The van der Waals surface area contributed by atoms with Gasteiger partial charge in [-0.2, -0.15) is 0 Å². The zero-order valence-electron chi connectivity index (χ0n) is 13.9. The summed E-state index contributed by atoms with van der Waals surface area (Å²) in [5.41, 5.74) is 0. The molecule has 0 aromatic rings. The van der Waals surface area contributed by atoms with Crippen LogP contribution in [-0.2, 0) is 0 Å². The fraction of sp³-hybridized carbons (Fsp3) is 0.895. The minimum Gasteiger partial charge on any atom is -0.0885 e. The maximum absolute atomic E-state index is 2.45. The Morgan fingerprint density at radius 3 is 2.00 bits per heavy atom. The SMILES string of the molecule is CCCCC=CCC(CCC)CCCCCCCC. The molecule has 0 bridgehead atoms. The molecule has 1 unspecified atom stereocenters. The summed E-state index contributed by atoms with van der Waals surface area (Å²) in [5, 5.41) is 0. The van der Waals surface area contributed by atoms with E-state index < -0.39 is 0 Å². The fourth-order valence-electron chi connectivity index (χ4n) is 2.73. The number of allylic oxidation sites excluding steroid dienone is 2. The topological polar surface area (TPSA) is 0 Å². The minimum absolute atomic E-state index is 0.953. The van der Waals surface area contributed by atoms with E-state index in [-0.39, 0.29) is 0 Å². The molecule has 0 saturated heterocycles. The molecule has 114 valence electrons. The van der Waals surface area contributed by atoms with Crippen molar-refractivity contribution in [3.8, 4) is 0 Å². The van der Waals surface area contributed by atoms with E-state index in [1.54, 1.807) is 0 Å². The Hall–Kier alpha value is -0.260. The second-order valence-corrected chi connectivity index (χ2v) is 6.06. The van der Waals surface area contributed by atoms with Gasteiger partial charge in [0.15, 0.2) is 0 Å². The first kappa shape index (κ1) is 18.7. The van der Waals surface area contributed by atoms with E-state index in [0.717, 1.165) is 5.92 Å².